The third kappa shape index (κ3) is 4.43. The lowest BCUT2D eigenvalue weighted by Gasteiger charge is -2.09. The van der Waals surface area contributed by atoms with Crippen molar-refractivity contribution in [3.05, 3.63) is 44.8 Å². The first-order valence-corrected chi connectivity index (χ1v) is 8.37. The highest BCUT2D eigenvalue weighted by Crippen LogP contribution is 2.39. The van der Waals surface area contributed by atoms with Gasteiger partial charge in [0.05, 0.1) is 18.4 Å². The fourth-order valence-corrected chi connectivity index (χ4v) is 2.74. The van der Waals surface area contributed by atoms with Gasteiger partial charge in [0.15, 0.2) is 16.6 Å². The second kappa shape index (κ2) is 7.76. The molecule has 0 aliphatic heterocycles. The van der Waals surface area contributed by atoms with Crippen LogP contribution in [0.3, 0.4) is 0 Å². The summed E-state index contributed by atoms with van der Waals surface area (Å²) in [5.41, 5.74) is 7.42. The Morgan fingerprint density at radius 2 is 2.00 bits per heavy atom. The summed E-state index contributed by atoms with van der Waals surface area (Å²) in [6, 6.07) is 8.89. The van der Waals surface area contributed by atoms with Crippen molar-refractivity contribution in [3.63, 3.8) is 0 Å². The average Bonchev–Trinajstić information content (AvgIpc) is 2.52. The van der Waals surface area contributed by atoms with E-state index in [1.807, 2.05) is 12.1 Å². The molecular weight excluding hydrogens is 446 g/mol. The first-order chi connectivity index (χ1) is 10.9. The number of aromatic hydroxyl groups is 1. The van der Waals surface area contributed by atoms with Gasteiger partial charge in [0.1, 0.15) is 0 Å². The van der Waals surface area contributed by atoms with Crippen molar-refractivity contribution in [1.29, 1.82) is 0 Å². The van der Waals surface area contributed by atoms with Gasteiger partial charge < -0.3 is 20.9 Å². The monoisotopic (exact) mass is 457 g/mol. The Bertz CT molecular complexity index is 764. The number of phenolic OH excluding ortho intramolecular Hbond substituents is 1. The maximum absolute atomic E-state index is 10.2. The smallest absolute Gasteiger partial charge is 0.168 e. The summed E-state index contributed by atoms with van der Waals surface area (Å²) in [7, 11) is 1.49. The first kappa shape index (κ1) is 17.7. The predicted molar refractivity (Wildman–Crippen MR) is 104 cm³/mol. The van der Waals surface area contributed by atoms with E-state index in [2.05, 4.69) is 42.2 Å². The van der Waals surface area contributed by atoms with Gasteiger partial charge in [0, 0.05) is 20.8 Å². The highest BCUT2D eigenvalue weighted by Gasteiger charge is 2.14. The summed E-state index contributed by atoms with van der Waals surface area (Å²) >= 11 is 11.6. The van der Waals surface area contributed by atoms with E-state index < -0.39 is 0 Å². The molecule has 0 heterocycles. The molecule has 0 aromatic heterocycles. The topological polar surface area (TPSA) is 79.9 Å². The fraction of sp³-hybridized carbons (Fsp3) is 0.0667. The quantitative estimate of drug-likeness (QED) is 0.469. The summed E-state index contributed by atoms with van der Waals surface area (Å²) in [5, 5.41) is 13.2. The second-order valence-corrected chi connectivity index (χ2v) is 6.52. The lowest BCUT2D eigenvalue weighted by molar-refractivity contribution is 0.372. The van der Waals surface area contributed by atoms with Crippen LogP contribution in [0.4, 0.5) is 11.4 Å². The van der Waals surface area contributed by atoms with Crippen LogP contribution in [0.1, 0.15) is 5.56 Å². The van der Waals surface area contributed by atoms with Crippen molar-refractivity contribution >= 4 is 66.8 Å². The summed E-state index contributed by atoms with van der Waals surface area (Å²) in [6.45, 7) is 0. The van der Waals surface area contributed by atoms with E-state index in [0.29, 0.717) is 21.5 Å². The van der Waals surface area contributed by atoms with Crippen LogP contribution in [-0.2, 0) is 0 Å². The van der Waals surface area contributed by atoms with Crippen molar-refractivity contribution < 1.29 is 9.84 Å². The molecule has 0 aliphatic carbocycles. The van der Waals surface area contributed by atoms with Gasteiger partial charge in [0.25, 0.3) is 0 Å². The van der Waals surface area contributed by atoms with Crippen molar-refractivity contribution in [3.8, 4) is 11.5 Å². The van der Waals surface area contributed by atoms with Crippen LogP contribution in [0.5, 0.6) is 11.5 Å². The highest BCUT2D eigenvalue weighted by molar-refractivity contribution is 9.13. The molecule has 8 heteroatoms. The van der Waals surface area contributed by atoms with Crippen LogP contribution in [-0.4, -0.2) is 23.5 Å². The zero-order valence-corrected chi connectivity index (χ0v) is 16.0. The van der Waals surface area contributed by atoms with E-state index in [9.17, 15) is 5.11 Å². The Kier molecular flexibility index (Phi) is 5.97. The van der Waals surface area contributed by atoms with Gasteiger partial charge in [-0.2, -0.15) is 0 Å². The number of benzene rings is 2. The number of rotatable bonds is 4. The number of nitrogens with one attached hydrogen (secondary N) is 1. The Balaban J connectivity index is 2.30. The molecule has 0 radical (unpaired) electrons. The number of nitrogens with two attached hydrogens (primary N) is 1. The summed E-state index contributed by atoms with van der Waals surface area (Å²) in [4.78, 5) is 4.35. The van der Waals surface area contributed by atoms with Crippen molar-refractivity contribution in [1.82, 2.24) is 0 Å². The maximum Gasteiger partial charge on any atom is 0.168 e. The number of anilines is 1. The number of hydrogen-bond acceptors (Lipinski definition) is 4. The van der Waals surface area contributed by atoms with Crippen molar-refractivity contribution in [2.24, 2.45) is 10.7 Å². The molecule has 0 aliphatic rings. The minimum absolute atomic E-state index is 0.0121. The number of hydrogen-bond donors (Lipinski definition) is 3. The minimum Gasteiger partial charge on any atom is -0.504 e. The number of phenols is 1. The van der Waals surface area contributed by atoms with Crippen LogP contribution in [0.25, 0.3) is 0 Å². The lowest BCUT2D eigenvalue weighted by atomic mass is 10.2. The Morgan fingerprint density at radius 3 is 2.57 bits per heavy atom. The first-order valence-electron chi connectivity index (χ1n) is 6.38. The molecule has 2 rings (SSSR count). The SMILES string of the molecule is COc1cc(Br)c(Br)c(C=Nc2ccc(NC(N)=S)cc2)c1O. The van der Waals surface area contributed by atoms with Gasteiger partial charge in [-0.05, 0) is 74.4 Å². The van der Waals surface area contributed by atoms with Crippen LogP contribution in [0.2, 0.25) is 0 Å². The zero-order valence-electron chi connectivity index (χ0n) is 12.0. The van der Waals surface area contributed by atoms with Crippen LogP contribution in [0.15, 0.2) is 44.3 Å². The van der Waals surface area contributed by atoms with Gasteiger partial charge in [0.2, 0.25) is 0 Å². The number of aliphatic imine (C=N–C) groups is 1. The molecule has 0 fully saturated rings. The molecule has 5 nitrogen and oxygen atoms in total. The maximum atomic E-state index is 10.2. The number of thiocarbonyl (C=S) groups is 1. The van der Waals surface area contributed by atoms with Crippen LogP contribution < -0.4 is 15.8 Å². The van der Waals surface area contributed by atoms with Gasteiger partial charge in [-0.1, -0.05) is 0 Å². The lowest BCUT2D eigenvalue weighted by Crippen LogP contribution is -2.18. The molecule has 0 atom stereocenters. The molecule has 4 N–H and O–H groups in total. The normalized spacial score (nSPS) is 10.7. The van der Waals surface area contributed by atoms with E-state index in [-0.39, 0.29) is 10.9 Å². The number of methoxy groups -OCH3 is 1. The van der Waals surface area contributed by atoms with Gasteiger partial charge in [-0.25, -0.2) is 0 Å². The van der Waals surface area contributed by atoms with E-state index in [1.165, 1.54) is 7.11 Å². The molecule has 23 heavy (non-hydrogen) atoms. The molecule has 120 valence electrons. The van der Waals surface area contributed by atoms with E-state index >= 15 is 0 Å². The Labute approximate surface area is 155 Å². The number of ether oxygens (including phenoxy) is 1. The van der Waals surface area contributed by atoms with E-state index in [0.717, 1.165) is 10.2 Å². The zero-order chi connectivity index (χ0) is 17.0. The molecule has 0 saturated heterocycles. The number of nitrogens with zero attached hydrogens (tertiary/aromatic N) is 1. The Morgan fingerprint density at radius 1 is 1.35 bits per heavy atom. The molecule has 0 amide bonds. The average molecular weight is 459 g/mol. The predicted octanol–water partition coefficient (Wildman–Crippen LogP) is 4.33. The molecule has 0 bridgehead atoms. The molecule has 2 aromatic carbocycles. The molecule has 0 unspecified atom stereocenters. The molecule has 2 aromatic rings. The standard InChI is InChI=1S/C15H13Br2N3O2S/c1-22-12-6-11(16)13(17)10(14(12)21)7-19-8-2-4-9(5-3-8)20-15(18)23/h2-7,21H,1H3,(H3,18,20,23). The van der Waals surface area contributed by atoms with Crippen molar-refractivity contribution in [2.75, 3.05) is 12.4 Å². The molecule has 0 saturated carbocycles. The van der Waals surface area contributed by atoms with Gasteiger partial charge in [-0.15, -0.1) is 0 Å². The second-order valence-electron chi connectivity index (χ2n) is 4.43. The largest absolute Gasteiger partial charge is 0.504 e. The highest BCUT2D eigenvalue weighted by atomic mass is 79.9. The molecular formula is C15H13Br2N3O2S. The summed E-state index contributed by atoms with van der Waals surface area (Å²) < 4.78 is 6.57. The third-order valence-corrected chi connectivity index (χ3v) is 5.00. The van der Waals surface area contributed by atoms with Crippen LogP contribution in [0, 0.1) is 0 Å². The minimum atomic E-state index is 0.0121. The van der Waals surface area contributed by atoms with Crippen molar-refractivity contribution in [2.45, 2.75) is 0 Å². The van der Waals surface area contributed by atoms with Crippen LogP contribution >= 0.6 is 44.1 Å². The fourth-order valence-electron chi connectivity index (χ4n) is 1.80. The molecule has 0 spiro atoms. The summed E-state index contributed by atoms with van der Waals surface area (Å²) in [6.07, 6.45) is 1.56. The van der Waals surface area contributed by atoms with E-state index in [4.69, 9.17) is 22.7 Å². The number of halogens is 2. The van der Waals surface area contributed by atoms with E-state index in [1.54, 1.807) is 24.4 Å². The van der Waals surface area contributed by atoms with Gasteiger partial charge >= 0.3 is 0 Å². The Hall–Kier alpha value is -1.64. The summed E-state index contributed by atoms with van der Waals surface area (Å²) in [5.74, 6) is 0.371. The third-order valence-electron chi connectivity index (χ3n) is 2.89. The van der Waals surface area contributed by atoms with Gasteiger partial charge in [-0.3, -0.25) is 4.99 Å².